The smallest absolute Gasteiger partial charge is 0.329 e. The minimum absolute atomic E-state index is 0.0112. The number of para-hydroxylation sites is 1. The van der Waals surface area contributed by atoms with E-state index in [-0.39, 0.29) is 12.4 Å². The SMILES string of the molecule is CCOC(=O)[C@]1(C#N)C2C=Cc3ccccc3N2[C@H](C(=O)C(C)(C)C)[C@H]1c1ccccc1. The summed E-state index contributed by atoms with van der Waals surface area (Å²) in [6.45, 7) is 7.55. The number of fused-ring (bicyclic) bond motifs is 3. The molecule has 2 aromatic rings. The van der Waals surface area contributed by atoms with E-state index < -0.39 is 34.8 Å². The normalized spacial score (nSPS) is 26.1. The molecule has 0 radical (unpaired) electrons. The molecule has 0 spiro atoms. The highest BCUT2D eigenvalue weighted by Crippen LogP contribution is 2.56. The first kappa shape index (κ1) is 21.8. The molecule has 1 saturated heterocycles. The highest BCUT2D eigenvalue weighted by atomic mass is 16.5. The van der Waals surface area contributed by atoms with Gasteiger partial charge in [-0.25, -0.2) is 0 Å². The zero-order chi connectivity index (χ0) is 23.1. The number of hydrogen-bond donors (Lipinski definition) is 0. The lowest BCUT2D eigenvalue weighted by atomic mass is 9.67. The lowest BCUT2D eigenvalue weighted by Crippen LogP contribution is -2.48. The van der Waals surface area contributed by atoms with Gasteiger partial charge in [0, 0.05) is 17.0 Å². The maximum atomic E-state index is 14.0. The van der Waals surface area contributed by atoms with Gasteiger partial charge in [-0.05, 0) is 24.1 Å². The number of ether oxygens (including phenoxy) is 1. The molecular formula is C27H28N2O3. The molecule has 2 aliphatic rings. The number of hydrogen-bond acceptors (Lipinski definition) is 5. The van der Waals surface area contributed by atoms with E-state index in [1.54, 1.807) is 6.92 Å². The number of Topliss-reactive ketones (excluding diaryl/α,β-unsaturated/α-hetero) is 1. The Hall–Kier alpha value is -3.39. The second-order valence-corrected chi connectivity index (χ2v) is 9.42. The molecule has 5 heteroatoms. The van der Waals surface area contributed by atoms with Gasteiger partial charge in [-0.3, -0.25) is 9.59 Å². The Kier molecular flexibility index (Phi) is 5.42. The summed E-state index contributed by atoms with van der Waals surface area (Å²) in [6.07, 6.45) is 3.82. The van der Waals surface area contributed by atoms with Crippen molar-refractivity contribution in [3.63, 3.8) is 0 Å². The van der Waals surface area contributed by atoms with Crippen molar-refractivity contribution in [1.29, 1.82) is 5.26 Å². The maximum absolute atomic E-state index is 14.0. The minimum atomic E-state index is -1.56. The zero-order valence-corrected chi connectivity index (χ0v) is 18.9. The molecule has 0 aliphatic carbocycles. The van der Waals surface area contributed by atoms with Crippen LogP contribution in [0.5, 0.6) is 0 Å². The summed E-state index contributed by atoms with van der Waals surface area (Å²) in [7, 11) is 0. The summed E-state index contributed by atoms with van der Waals surface area (Å²) < 4.78 is 5.49. The number of rotatable bonds is 4. The summed E-state index contributed by atoms with van der Waals surface area (Å²) in [4.78, 5) is 29.5. The van der Waals surface area contributed by atoms with Crippen molar-refractivity contribution in [2.24, 2.45) is 10.8 Å². The van der Waals surface area contributed by atoms with E-state index in [9.17, 15) is 14.9 Å². The van der Waals surface area contributed by atoms with E-state index in [0.717, 1.165) is 16.8 Å². The van der Waals surface area contributed by atoms with Crippen LogP contribution in [0.2, 0.25) is 0 Å². The Morgan fingerprint density at radius 1 is 1.09 bits per heavy atom. The third-order valence-electron chi connectivity index (χ3n) is 6.51. The number of ketones is 1. The lowest BCUT2D eigenvalue weighted by Gasteiger charge is -2.37. The van der Waals surface area contributed by atoms with Crippen LogP contribution in [0.3, 0.4) is 0 Å². The fraction of sp³-hybridized carbons (Fsp3) is 0.370. The van der Waals surface area contributed by atoms with Crippen LogP contribution in [0, 0.1) is 22.2 Å². The van der Waals surface area contributed by atoms with Crippen LogP contribution >= 0.6 is 0 Å². The number of anilines is 1. The largest absolute Gasteiger partial charge is 0.465 e. The molecule has 2 aromatic carbocycles. The molecule has 0 N–H and O–H groups in total. The van der Waals surface area contributed by atoms with Crippen molar-refractivity contribution in [3.8, 4) is 6.07 Å². The van der Waals surface area contributed by atoms with Crippen LogP contribution in [0.4, 0.5) is 5.69 Å². The molecule has 0 bridgehead atoms. The first-order valence-electron chi connectivity index (χ1n) is 11.0. The molecular weight excluding hydrogens is 400 g/mol. The van der Waals surface area contributed by atoms with Crippen LogP contribution in [-0.2, 0) is 14.3 Å². The second kappa shape index (κ2) is 7.94. The van der Waals surface area contributed by atoms with Gasteiger partial charge in [-0.1, -0.05) is 81.5 Å². The monoisotopic (exact) mass is 428 g/mol. The van der Waals surface area contributed by atoms with Gasteiger partial charge in [0.05, 0.1) is 24.8 Å². The van der Waals surface area contributed by atoms with Gasteiger partial charge in [-0.15, -0.1) is 0 Å². The van der Waals surface area contributed by atoms with Crippen molar-refractivity contribution < 1.29 is 14.3 Å². The third kappa shape index (κ3) is 3.14. The van der Waals surface area contributed by atoms with E-state index in [2.05, 4.69) is 6.07 Å². The van der Waals surface area contributed by atoms with Crippen molar-refractivity contribution >= 4 is 23.5 Å². The summed E-state index contributed by atoms with van der Waals surface area (Å²) >= 11 is 0. The van der Waals surface area contributed by atoms with E-state index in [4.69, 9.17) is 4.74 Å². The number of esters is 1. The standard InChI is InChI=1S/C27H28N2O3/c1-5-32-25(31)27(17-28)21-16-15-18-11-9-10-14-20(18)29(21)23(24(30)26(2,3)4)22(27)19-12-7-6-8-13-19/h6-16,21-23H,5H2,1-4H3/t21?,22-,23+,27-/m1/s1. The Morgan fingerprint density at radius 2 is 1.75 bits per heavy atom. The number of carbonyl (C=O) groups excluding carboxylic acids is 2. The van der Waals surface area contributed by atoms with Gasteiger partial charge in [0.25, 0.3) is 0 Å². The Labute approximate surface area is 189 Å². The van der Waals surface area contributed by atoms with E-state index in [1.807, 2.05) is 92.4 Å². The quantitative estimate of drug-likeness (QED) is 0.658. The van der Waals surface area contributed by atoms with Gasteiger partial charge >= 0.3 is 5.97 Å². The highest BCUT2D eigenvalue weighted by Gasteiger charge is 2.67. The van der Waals surface area contributed by atoms with E-state index >= 15 is 0 Å². The van der Waals surface area contributed by atoms with Crippen molar-refractivity contribution in [1.82, 2.24) is 0 Å². The molecule has 2 aliphatic heterocycles. The molecule has 1 fully saturated rings. The second-order valence-electron chi connectivity index (χ2n) is 9.42. The Morgan fingerprint density at radius 3 is 2.38 bits per heavy atom. The molecule has 4 rings (SSSR count). The predicted molar refractivity (Wildman–Crippen MR) is 124 cm³/mol. The number of carbonyl (C=O) groups is 2. The Bertz CT molecular complexity index is 1110. The van der Waals surface area contributed by atoms with Crippen LogP contribution in [-0.4, -0.2) is 30.4 Å². The van der Waals surface area contributed by atoms with Crippen molar-refractivity contribution in [2.45, 2.75) is 45.7 Å². The van der Waals surface area contributed by atoms with Gasteiger partial charge in [0.2, 0.25) is 0 Å². The molecule has 0 saturated carbocycles. The molecule has 1 unspecified atom stereocenters. The fourth-order valence-electron chi connectivity index (χ4n) is 5.10. The summed E-state index contributed by atoms with van der Waals surface area (Å²) in [5.41, 5.74) is 0.362. The molecule has 0 aromatic heterocycles. The van der Waals surface area contributed by atoms with Crippen LogP contribution in [0.25, 0.3) is 6.08 Å². The summed E-state index contributed by atoms with van der Waals surface area (Å²) in [5, 5.41) is 10.6. The van der Waals surface area contributed by atoms with E-state index in [0.29, 0.717) is 0 Å². The number of nitrogens with zero attached hydrogens (tertiary/aromatic N) is 2. The molecule has 2 heterocycles. The third-order valence-corrected chi connectivity index (χ3v) is 6.51. The average Bonchev–Trinajstić information content (AvgIpc) is 3.10. The first-order chi connectivity index (χ1) is 15.3. The van der Waals surface area contributed by atoms with Crippen LogP contribution in [0.15, 0.2) is 60.7 Å². The summed E-state index contributed by atoms with van der Waals surface area (Å²) in [5.74, 6) is -1.28. The summed E-state index contributed by atoms with van der Waals surface area (Å²) in [6, 6.07) is 18.3. The van der Waals surface area contributed by atoms with Crippen LogP contribution in [0.1, 0.15) is 44.7 Å². The van der Waals surface area contributed by atoms with Gasteiger partial charge in [0.1, 0.15) is 0 Å². The molecule has 0 amide bonds. The molecule has 164 valence electrons. The molecule has 5 nitrogen and oxygen atoms in total. The van der Waals surface area contributed by atoms with E-state index in [1.165, 1.54) is 0 Å². The number of nitriles is 1. The Balaban J connectivity index is 2.05. The van der Waals surface area contributed by atoms with Gasteiger partial charge in [-0.2, -0.15) is 5.26 Å². The van der Waals surface area contributed by atoms with Crippen molar-refractivity contribution in [2.75, 3.05) is 11.5 Å². The average molecular weight is 429 g/mol. The van der Waals surface area contributed by atoms with Crippen molar-refractivity contribution in [3.05, 3.63) is 71.8 Å². The zero-order valence-electron chi connectivity index (χ0n) is 18.9. The topological polar surface area (TPSA) is 70.4 Å². The minimum Gasteiger partial charge on any atom is -0.465 e. The maximum Gasteiger partial charge on any atom is 0.329 e. The van der Waals surface area contributed by atoms with Crippen LogP contribution < -0.4 is 4.90 Å². The number of benzene rings is 2. The molecule has 4 atom stereocenters. The van der Waals surface area contributed by atoms with Gasteiger partial charge < -0.3 is 9.64 Å². The first-order valence-corrected chi connectivity index (χ1v) is 11.0. The fourth-order valence-corrected chi connectivity index (χ4v) is 5.10. The predicted octanol–water partition coefficient (Wildman–Crippen LogP) is 4.74. The lowest BCUT2D eigenvalue weighted by molar-refractivity contribution is -0.152. The molecule has 32 heavy (non-hydrogen) atoms. The highest BCUT2D eigenvalue weighted by molar-refractivity contribution is 5.99. The van der Waals surface area contributed by atoms with Gasteiger partial charge in [0.15, 0.2) is 11.2 Å².